The first-order valence-corrected chi connectivity index (χ1v) is 5.34. The molecule has 1 aliphatic carbocycles. The molecule has 2 fully saturated rings. The highest BCUT2D eigenvalue weighted by Gasteiger charge is 2.39. The summed E-state index contributed by atoms with van der Waals surface area (Å²) in [7, 11) is 0. The van der Waals surface area contributed by atoms with E-state index in [0.29, 0.717) is 6.54 Å². The molecule has 1 aliphatic heterocycles. The van der Waals surface area contributed by atoms with Crippen LogP contribution in [0.1, 0.15) is 32.6 Å². The van der Waals surface area contributed by atoms with Crippen molar-refractivity contribution in [2.75, 3.05) is 6.54 Å². The summed E-state index contributed by atoms with van der Waals surface area (Å²) in [5.41, 5.74) is 0. The third-order valence-corrected chi connectivity index (χ3v) is 3.24. The Morgan fingerprint density at radius 3 is 2.57 bits per heavy atom. The lowest BCUT2D eigenvalue weighted by Crippen LogP contribution is -2.61. The molecule has 0 bridgehead atoms. The van der Waals surface area contributed by atoms with Crippen LogP contribution in [0.25, 0.3) is 0 Å². The molecule has 1 saturated heterocycles. The van der Waals surface area contributed by atoms with Crippen LogP contribution in [0.4, 0.5) is 4.79 Å². The molecule has 4 heteroatoms. The lowest BCUT2D eigenvalue weighted by molar-refractivity contribution is -0.0533. The molecule has 1 amide bonds. The van der Waals surface area contributed by atoms with Crippen LogP contribution in [0, 0.1) is 0 Å². The molecule has 2 rings (SSSR count). The molecule has 0 aromatic carbocycles. The van der Waals surface area contributed by atoms with Crippen LogP contribution >= 0.6 is 0 Å². The van der Waals surface area contributed by atoms with Crippen molar-refractivity contribution in [1.82, 2.24) is 4.90 Å². The largest absolute Gasteiger partial charge is 0.446 e. The van der Waals surface area contributed by atoms with Crippen LogP contribution in [0.2, 0.25) is 0 Å². The molecule has 1 saturated carbocycles. The zero-order chi connectivity index (χ0) is 10.1. The van der Waals surface area contributed by atoms with E-state index in [1.807, 2.05) is 6.92 Å². The lowest BCUT2D eigenvalue weighted by Gasteiger charge is -2.42. The van der Waals surface area contributed by atoms with E-state index in [-0.39, 0.29) is 24.3 Å². The van der Waals surface area contributed by atoms with Crippen molar-refractivity contribution in [2.45, 2.75) is 50.9 Å². The van der Waals surface area contributed by atoms with Crippen molar-refractivity contribution in [2.24, 2.45) is 0 Å². The SMILES string of the molecule is C[C@H]1[C@H](O)CN1C(=O)OC1CCCC1. The van der Waals surface area contributed by atoms with Gasteiger partial charge in [0, 0.05) is 0 Å². The van der Waals surface area contributed by atoms with Crippen molar-refractivity contribution in [3.05, 3.63) is 0 Å². The molecule has 2 atom stereocenters. The van der Waals surface area contributed by atoms with Crippen LogP contribution in [-0.4, -0.2) is 40.9 Å². The minimum absolute atomic E-state index is 0.0797. The second kappa shape index (κ2) is 3.77. The smallest absolute Gasteiger partial charge is 0.410 e. The average Bonchev–Trinajstić information content (AvgIpc) is 2.65. The number of aliphatic hydroxyl groups is 1. The molecule has 1 N–H and O–H groups in total. The summed E-state index contributed by atoms with van der Waals surface area (Å²) >= 11 is 0. The average molecular weight is 199 g/mol. The molecule has 1 heterocycles. The van der Waals surface area contributed by atoms with E-state index in [4.69, 9.17) is 4.74 Å². The standard InChI is InChI=1S/C10H17NO3/c1-7-9(12)6-11(7)10(13)14-8-4-2-3-5-8/h7-9,12H,2-6H2,1H3/t7-,9+/m0/s1. The van der Waals surface area contributed by atoms with E-state index >= 15 is 0 Å². The number of hydrogen-bond acceptors (Lipinski definition) is 3. The van der Waals surface area contributed by atoms with Gasteiger partial charge in [-0.1, -0.05) is 0 Å². The van der Waals surface area contributed by atoms with Gasteiger partial charge in [-0.25, -0.2) is 4.79 Å². The maximum absolute atomic E-state index is 11.5. The number of carbonyl (C=O) groups excluding carboxylic acids is 1. The monoisotopic (exact) mass is 199 g/mol. The number of rotatable bonds is 1. The van der Waals surface area contributed by atoms with Crippen molar-refractivity contribution in [1.29, 1.82) is 0 Å². The van der Waals surface area contributed by atoms with E-state index < -0.39 is 0 Å². The quantitative estimate of drug-likeness (QED) is 0.688. The molecular formula is C10H17NO3. The Morgan fingerprint density at radius 1 is 1.43 bits per heavy atom. The number of β-amino-alcohol motifs (C(OH)–C–C–N with tert-alkyl or cyclic N) is 1. The first-order valence-electron chi connectivity index (χ1n) is 5.34. The molecule has 14 heavy (non-hydrogen) atoms. The third-order valence-electron chi connectivity index (χ3n) is 3.24. The van der Waals surface area contributed by atoms with Crippen LogP contribution in [0.5, 0.6) is 0 Å². The highest BCUT2D eigenvalue weighted by Crippen LogP contribution is 2.24. The second-order valence-electron chi connectivity index (χ2n) is 4.25. The minimum atomic E-state index is -0.369. The van der Waals surface area contributed by atoms with Crippen molar-refractivity contribution in [3.8, 4) is 0 Å². The Bertz CT molecular complexity index is 225. The summed E-state index contributed by atoms with van der Waals surface area (Å²) < 4.78 is 5.31. The Kier molecular flexibility index (Phi) is 2.63. The van der Waals surface area contributed by atoms with Crippen LogP contribution in [0.3, 0.4) is 0 Å². The molecule has 0 radical (unpaired) electrons. The fraction of sp³-hybridized carbons (Fsp3) is 0.900. The van der Waals surface area contributed by atoms with Gasteiger partial charge in [-0.05, 0) is 32.6 Å². The van der Waals surface area contributed by atoms with Crippen molar-refractivity contribution >= 4 is 6.09 Å². The first kappa shape index (κ1) is 9.77. The Hall–Kier alpha value is -0.770. The minimum Gasteiger partial charge on any atom is -0.446 e. The van der Waals surface area contributed by atoms with Gasteiger partial charge in [-0.15, -0.1) is 0 Å². The van der Waals surface area contributed by atoms with Gasteiger partial charge in [0.2, 0.25) is 0 Å². The number of likely N-dealkylation sites (tertiary alicyclic amines) is 1. The van der Waals surface area contributed by atoms with E-state index in [1.165, 1.54) is 0 Å². The van der Waals surface area contributed by atoms with E-state index in [2.05, 4.69) is 0 Å². The summed E-state index contributed by atoms with van der Waals surface area (Å²) in [6, 6.07) is -0.0797. The Morgan fingerprint density at radius 2 is 2.07 bits per heavy atom. The van der Waals surface area contributed by atoms with Gasteiger partial charge in [0.05, 0.1) is 18.7 Å². The zero-order valence-corrected chi connectivity index (χ0v) is 8.48. The van der Waals surface area contributed by atoms with Gasteiger partial charge in [0.1, 0.15) is 6.10 Å². The number of carbonyl (C=O) groups is 1. The highest BCUT2D eigenvalue weighted by atomic mass is 16.6. The number of ether oxygens (including phenoxy) is 1. The predicted molar refractivity (Wildman–Crippen MR) is 50.9 cm³/mol. The molecule has 0 aromatic heterocycles. The van der Waals surface area contributed by atoms with Gasteiger partial charge in [-0.2, -0.15) is 0 Å². The fourth-order valence-corrected chi connectivity index (χ4v) is 2.05. The topological polar surface area (TPSA) is 49.8 Å². The van der Waals surface area contributed by atoms with Crippen LogP contribution in [0.15, 0.2) is 0 Å². The first-order chi connectivity index (χ1) is 6.68. The molecule has 0 unspecified atom stereocenters. The van der Waals surface area contributed by atoms with Gasteiger partial charge in [0.15, 0.2) is 0 Å². The number of nitrogens with zero attached hydrogens (tertiary/aromatic N) is 1. The summed E-state index contributed by atoms with van der Waals surface area (Å²) in [4.78, 5) is 13.1. The van der Waals surface area contributed by atoms with Gasteiger partial charge in [0.25, 0.3) is 0 Å². The van der Waals surface area contributed by atoms with Crippen LogP contribution in [-0.2, 0) is 4.74 Å². The number of aliphatic hydroxyl groups excluding tert-OH is 1. The maximum atomic E-state index is 11.5. The van der Waals surface area contributed by atoms with Crippen LogP contribution < -0.4 is 0 Å². The predicted octanol–water partition coefficient (Wildman–Crippen LogP) is 1.13. The second-order valence-corrected chi connectivity index (χ2v) is 4.25. The molecule has 0 aromatic rings. The van der Waals surface area contributed by atoms with Crippen molar-refractivity contribution in [3.63, 3.8) is 0 Å². The van der Waals surface area contributed by atoms with E-state index in [0.717, 1.165) is 25.7 Å². The molecule has 4 nitrogen and oxygen atoms in total. The summed E-state index contributed by atoms with van der Waals surface area (Å²) in [6.45, 7) is 2.26. The number of amides is 1. The van der Waals surface area contributed by atoms with Crippen molar-refractivity contribution < 1.29 is 14.6 Å². The summed E-state index contributed by atoms with van der Waals surface area (Å²) in [5, 5.41) is 9.25. The summed E-state index contributed by atoms with van der Waals surface area (Å²) in [6.07, 6.45) is 3.81. The van der Waals surface area contributed by atoms with Gasteiger partial charge in [-0.3, -0.25) is 0 Å². The third kappa shape index (κ3) is 1.71. The zero-order valence-electron chi connectivity index (χ0n) is 8.48. The molecule has 2 aliphatic rings. The van der Waals surface area contributed by atoms with Gasteiger partial charge >= 0.3 is 6.09 Å². The van der Waals surface area contributed by atoms with Gasteiger partial charge < -0.3 is 14.7 Å². The Balaban J connectivity index is 1.78. The Labute approximate surface area is 83.8 Å². The molecular weight excluding hydrogens is 182 g/mol. The fourth-order valence-electron chi connectivity index (χ4n) is 2.05. The molecule has 0 spiro atoms. The normalized spacial score (nSPS) is 32.9. The van der Waals surface area contributed by atoms with E-state index in [1.54, 1.807) is 4.90 Å². The summed E-state index contributed by atoms with van der Waals surface area (Å²) in [5.74, 6) is 0. The highest BCUT2D eigenvalue weighted by molar-refractivity contribution is 5.69. The lowest BCUT2D eigenvalue weighted by atomic mass is 10.0. The van der Waals surface area contributed by atoms with E-state index in [9.17, 15) is 9.90 Å². The maximum Gasteiger partial charge on any atom is 0.410 e. The molecule has 80 valence electrons. The number of hydrogen-bond donors (Lipinski definition) is 1.